The maximum absolute atomic E-state index is 3.82. The molecule has 0 aromatic carbocycles. The summed E-state index contributed by atoms with van der Waals surface area (Å²) in [4.78, 5) is 5.14. The molecule has 1 saturated carbocycles. The molecule has 0 radical (unpaired) electrons. The second kappa shape index (κ2) is 7.61. The molecule has 19 heavy (non-hydrogen) atoms. The summed E-state index contributed by atoms with van der Waals surface area (Å²) in [5.41, 5.74) is 0. The van der Waals surface area contributed by atoms with Crippen LogP contribution < -0.4 is 5.32 Å². The van der Waals surface area contributed by atoms with Gasteiger partial charge in [-0.25, -0.2) is 0 Å². The van der Waals surface area contributed by atoms with Crippen molar-refractivity contribution in [1.29, 1.82) is 0 Å². The molecule has 2 aliphatic rings. The average molecular weight is 267 g/mol. The Hall–Kier alpha value is -0.120. The molecule has 3 nitrogen and oxygen atoms in total. The van der Waals surface area contributed by atoms with Crippen molar-refractivity contribution >= 4 is 0 Å². The van der Waals surface area contributed by atoms with Gasteiger partial charge in [-0.1, -0.05) is 19.8 Å². The lowest BCUT2D eigenvalue weighted by molar-refractivity contribution is 0.192. The van der Waals surface area contributed by atoms with Crippen LogP contribution in [0.1, 0.15) is 46.0 Å². The normalized spacial score (nSPS) is 35.2. The lowest BCUT2D eigenvalue weighted by Crippen LogP contribution is -2.45. The van der Waals surface area contributed by atoms with Crippen LogP contribution in [-0.2, 0) is 0 Å². The summed E-state index contributed by atoms with van der Waals surface area (Å²) in [6.07, 6.45) is 6.99. The van der Waals surface area contributed by atoms with E-state index >= 15 is 0 Å². The molecule has 3 atom stereocenters. The van der Waals surface area contributed by atoms with E-state index in [4.69, 9.17) is 0 Å². The predicted molar refractivity (Wildman–Crippen MR) is 82.6 cm³/mol. The average Bonchev–Trinajstić information content (AvgIpc) is 2.53. The van der Waals surface area contributed by atoms with Crippen LogP contribution in [-0.4, -0.2) is 61.7 Å². The molecule has 3 unspecified atom stereocenters. The molecule has 1 N–H and O–H groups in total. The number of hydrogen-bond donors (Lipinski definition) is 1. The maximum Gasteiger partial charge on any atom is 0.0195 e. The second-order valence-electron chi connectivity index (χ2n) is 6.82. The summed E-state index contributed by atoms with van der Waals surface area (Å²) < 4.78 is 0. The smallest absolute Gasteiger partial charge is 0.0195 e. The van der Waals surface area contributed by atoms with Crippen molar-refractivity contribution in [2.24, 2.45) is 5.92 Å². The van der Waals surface area contributed by atoms with Gasteiger partial charge in [-0.05, 0) is 52.2 Å². The van der Waals surface area contributed by atoms with Crippen molar-refractivity contribution in [3.63, 3.8) is 0 Å². The van der Waals surface area contributed by atoms with Crippen LogP contribution in [0, 0.1) is 5.92 Å². The van der Waals surface area contributed by atoms with Gasteiger partial charge in [0.25, 0.3) is 0 Å². The molecule has 2 rings (SSSR count). The van der Waals surface area contributed by atoms with Crippen molar-refractivity contribution in [3.05, 3.63) is 0 Å². The highest BCUT2D eigenvalue weighted by Gasteiger charge is 2.22. The van der Waals surface area contributed by atoms with Crippen molar-refractivity contribution in [2.75, 3.05) is 39.8 Å². The largest absolute Gasteiger partial charge is 0.312 e. The first-order chi connectivity index (χ1) is 9.16. The van der Waals surface area contributed by atoms with Gasteiger partial charge in [-0.15, -0.1) is 0 Å². The summed E-state index contributed by atoms with van der Waals surface area (Å²) in [5.74, 6) is 0.876. The first-order valence-electron chi connectivity index (χ1n) is 8.33. The molecular weight excluding hydrogens is 234 g/mol. The SMILES string of the molecule is CC1CCCCC1NCCN1CCCN(C)CC1C. The fraction of sp³-hybridized carbons (Fsp3) is 1.00. The van der Waals surface area contributed by atoms with Crippen molar-refractivity contribution in [2.45, 2.75) is 58.0 Å². The molecule has 2 fully saturated rings. The van der Waals surface area contributed by atoms with Gasteiger partial charge in [0.05, 0.1) is 0 Å². The monoisotopic (exact) mass is 267 g/mol. The molecule has 1 saturated heterocycles. The van der Waals surface area contributed by atoms with Crippen LogP contribution in [0.5, 0.6) is 0 Å². The van der Waals surface area contributed by atoms with Gasteiger partial charge >= 0.3 is 0 Å². The van der Waals surface area contributed by atoms with Crippen molar-refractivity contribution < 1.29 is 0 Å². The van der Waals surface area contributed by atoms with Crippen LogP contribution in [0.2, 0.25) is 0 Å². The Bertz CT molecular complexity index is 256. The fourth-order valence-electron chi connectivity index (χ4n) is 3.77. The number of nitrogens with zero attached hydrogens (tertiary/aromatic N) is 2. The van der Waals surface area contributed by atoms with Crippen LogP contribution in [0.3, 0.4) is 0 Å². The third-order valence-corrected chi connectivity index (χ3v) is 5.10. The third kappa shape index (κ3) is 4.73. The maximum atomic E-state index is 3.82. The van der Waals surface area contributed by atoms with E-state index in [1.54, 1.807) is 0 Å². The second-order valence-corrected chi connectivity index (χ2v) is 6.82. The zero-order chi connectivity index (χ0) is 13.7. The molecule has 1 aliphatic heterocycles. The lowest BCUT2D eigenvalue weighted by Gasteiger charge is -2.32. The highest BCUT2D eigenvalue weighted by atomic mass is 15.2. The minimum atomic E-state index is 0.707. The molecule has 0 bridgehead atoms. The van der Waals surface area contributed by atoms with Gasteiger partial charge < -0.3 is 10.2 Å². The van der Waals surface area contributed by atoms with E-state index in [0.29, 0.717) is 6.04 Å². The van der Waals surface area contributed by atoms with E-state index in [-0.39, 0.29) is 0 Å². The van der Waals surface area contributed by atoms with E-state index in [1.807, 2.05) is 0 Å². The standard InChI is InChI=1S/C16H33N3/c1-14-7-4-5-8-16(14)17-9-12-19-11-6-10-18(3)13-15(19)2/h14-17H,4-13H2,1-3H3. The van der Waals surface area contributed by atoms with E-state index in [9.17, 15) is 0 Å². The first kappa shape index (κ1) is 15.3. The molecule has 1 aliphatic carbocycles. The summed E-state index contributed by atoms with van der Waals surface area (Å²) in [6, 6.07) is 1.48. The Morgan fingerprint density at radius 1 is 1.05 bits per heavy atom. The van der Waals surface area contributed by atoms with E-state index in [2.05, 4.69) is 36.0 Å². The van der Waals surface area contributed by atoms with Gasteiger partial charge in [0, 0.05) is 31.7 Å². The lowest BCUT2D eigenvalue weighted by atomic mass is 9.86. The Morgan fingerprint density at radius 2 is 1.84 bits per heavy atom. The van der Waals surface area contributed by atoms with Gasteiger partial charge in [0.15, 0.2) is 0 Å². The van der Waals surface area contributed by atoms with Gasteiger partial charge in [0.1, 0.15) is 0 Å². The minimum absolute atomic E-state index is 0.707. The van der Waals surface area contributed by atoms with Crippen LogP contribution in [0.25, 0.3) is 0 Å². The quantitative estimate of drug-likeness (QED) is 0.842. The molecule has 1 heterocycles. The molecule has 3 heteroatoms. The minimum Gasteiger partial charge on any atom is -0.312 e. The zero-order valence-corrected chi connectivity index (χ0v) is 13.2. The van der Waals surface area contributed by atoms with Crippen LogP contribution in [0.15, 0.2) is 0 Å². The summed E-state index contributed by atoms with van der Waals surface area (Å²) in [5, 5.41) is 3.82. The fourth-order valence-corrected chi connectivity index (χ4v) is 3.77. The van der Waals surface area contributed by atoms with Gasteiger partial charge in [-0.3, -0.25) is 4.90 Å². The van der Waals surface area contributed by atoms with Gasteiger partial charge in [0.2, 0.25) is 0 Å². The Morgan fingerprint density at radius 3 is 2.63 bits per heavy atom. The van der Waals surface area contributed by atoms with Crippen molar-refractivity contribution in [1.82, 2.24) is 15.1 Å². The number of hydrogen-bond acceptors (Lipinski definition) is 3. The highest BCUT2D eigenvalue weighted by Crippen LogP contribution is 2.23. The van der Waals surface area contributed by atoms with E-state index in [1.165, 1.54) is 64.8 Å². The van der Waals surface area contributed by atoms with E-state index in [0.717, 1.165) is 12.0 Å². The van der Waals surface area contributed by atoms with E-state index < -0.39 is 0 Å². The number of nitrogens with one attached hydrogen (secondary N) is 1. The number of likely N-dealkylation sites (N-methyl/N-ethyl adjacent to an activating group) is 1. The van der Waals surface area contributed by atoms with Crippen LogP contribution in [0.4, 0.5) is 0 Å². The Kier molecular flexibility index (Phi) is 6.11. The molecular formula is C16H33N3. The summed E-state index contributed by atoms with van der Waals surface area (Å²) >= 11 is 0. The van der Waals surface area contributed by atoms with Crippen molar-refractivity contribution in [3.8, 4) is 0 Å². The zero-order valence-electron chi connectivity index (χ0n) is 13.2. The molecule has 0 aromatic rings. The first-order valence-corrected chi connectivity index (χ1v) is 8.33. The third-order valence-electron chi connectivity index (χ3n) is 5.10. The molecule has 112 valence electrons. The topological polar surface area (TPSA) is 18.5 Å². The number of rotatable bonds is 4. The predicted octanol–water partition coefficient (Wildman–Crippen LogP) is 2.18. The summed E-state index contributed by atoms with van der Waals surface area (Å²) in [6.45, 7) is 10.9. The van der Waals surface area contributed by atoms with Gasteiger partial charge in [-0.2, -0.15) is 0 Å². The molecule has 0 spiro atoms. The Balaban J connectivity index is 1.69. The molecule has 0 amide bonds. The van der Waals surface area contributed by atoms with Crippen LogP contribution >= 0.6 is 0 Å². The molecule has 0 aromatic heterocycles. The Labute approximate surface area is 119 Å². The summed E-state index contributed by atoms with van der Waals surface area (Å²) in [7, 11) is 2.25. The highest BCUT2D eigenvalue weighted by molar-refractivity contribution is 4.80.